The molecule has 0 aliphatic rings. The number of hydrogen-bond donors (Lipinski definition) is 1. The highest BCUT2D eigenvalue weighted by Crippen LogP contribution is 2.29. The molecular weight excluding hydrogens is 606 g/mol. The molecule has 0 heterocycles. The second-order valence-electron chi connectivity index (χ2n) is 6.26. The van der Waals surface area contributed by atoms with Gasteiger partial charge in [0, 0.05) is 12.7 Å². The van der Waals surface area contributed by atoms with Crippen LogP contribution in [-0.4, -0.2) is 18.7 Å². The van der Waals surface area contributed by atoms with Gasteiger partial charge in [0.15, 0.2) is 11.5 Å². The average Bonchev–Trinajstić information content (AvgIpc) is 2.75. The van der Waals surface area contributed by atoms with E-state index in [1.807, 2.05) is 61.5 Å². The fourth-order valence-electron chi connectivity index (χ4n) is 2.57. The Bertz CT molecular complexity index is 1020. The summed E-state index contributed by atoms with van der Waals surface area (Å²) in [6, 6.07) is 21.0. The molecule has 0 radical (unpaired) electrons. The zero-order valence-corrected chi connectivity index (χ0v) is 20.6. The molecule has 0 aliphatic carbocycles. The van der Waals surface area contributed by atoms with Gasteiger partial charge in [0.2, 0.25) is 0 Å². The number of hydrazone groups is 1. The van der Waals surface area contributed by atoms with Crippen molar-refractivity contribution >= 4 is 57.3 Å². The molecule has 0 bridgehead atoms. The minimum Gasteiger partial charge on any atom is -0.490 e. The number of carbonyl (C=O) groups is 1. The van der Waals surface area contributed by atoms with Gasteiger partial charge in [-0.05, 0) is 118 Å². The Hall–Kier alpha value is -2.14. The van der Waals surface area contributed by atoms with Crippen molar-refractivity contribution in [2.24, 2.45) is 5.10 Å². The van der Waals surface area contributed by atoms with Crippen LogP contribution in [0.25, 0.3) is 0 Å². The Labute approximate surface area is 203 Å². The number of nitrogens with one attached hydrogen (secondary N) is 1. The molecular formula is C23H20I2N2O3. The predicted octanol–water partition coefficient (Wildman–Crippen LogP) is 5.64. The fourth-order valence-corrected chi connectivity index (χ4v) is 3.28. The molecule has 1 N–H and O–H groups in total. The molecule has 0 saturated heterocycles. The molecule has 0 unspecified atom stereocenters. The van der Waals surface area contributed by atoms with Crippen LogP contribution in [0, 0.1) is 7.14 Å². The Balaban J connectivity index is 1.64. The van der Waals surface area contributed by atoms with Crippen LogP contribution in [0.2, 0.25) is 0 Å². The third-order valence-corrected chi connectivity index (χ3v) is 5.50. The molecule has 154 valence electrons. The fraction of sp³-hybridized carbons (Fsp3) is 0.130. The van der Waals surface area contributed by atoms with Crippen molar-refractivity contribution in [3.05, 3.63) is 90.6 Å². The van der Waals surface area contributed by atoms with Gasteiger partial charge < -0.3 is 9.47 Å². The van der Waals surface area contributed by atoms with Crippen LogP contribution in [0.5, 0.6) is 11.5 Å². The molecule has 30 heavy (non-hydrogen) atoms. The predicted molar refractivity (Wildman–Crippen MR) is 135 cm³/mol. The van der Waals surface area contributed by atoms with Crippen LogP contribution in [0.4, 0.5) is 0 Å². The lowest BCUT2D eigenvalue weighted by molar-refractivity contribution is 0.0955. The Morgan fingerprint density at radius 2 is 1.60 bits per heavy atom. The van der Waals surface area contributed by atoms with Gasteiger partial charge in [0.1, 0.15) is 6.61 Å². The van der Waals surface area contributed by atoms with Crippen molar-refractivity contribution in [2.45, 2.75) is 13.5 Å². The molecule has 0 aliphatic heterocycles. The van der Waals surface area contributed by atoms with Crippen LogP contribution in [0.1, 0.15) is 28.4 Å². The topological polar surface area (TPSA) is 59.9 Å². The van der Waals surface area contributed by atoms with Crippen LogP contribution in [0.15, 0.2) is 71.8 Å². The zero-order chi connectivity index (χ0) is 21.3. The lowest BCUT2D eigenvalue weighted by Gasteiger charge is -2.12. The SMILES string of the molecule is CCOc1cc(/C=N\NC(=O)c2ccc(I)cc2)ccc1OCc1ccc(I)cc1. The summed E-state index contributed by atoms with van der Waals surface area (Å²) in [5.74, 6) is 1.04. The summed E-state index contributed by atoms with van der Waals surface area (Å²) in [6.07, 6.45) is 1.58. The molecule has 7 heteroatoms. The van der Waals surface area contributed by atoms with Gasteiger partial charge in [-0.15, -0.1) is 0 Å². The number of rotatable bonds is 8. The number of benzene rings is 3. The smallest absolute Gasteiger partial charge is 0.271 e. The first-order valence-corrected chi connectivity index (χ1v) is 11.4. The monoisotopic (exact) mass is 626 g/mol. The molecule has 1 amide bonds. The van der Waals surface area contributed by atoms with Gasteiger partial charge in [-0.2, -0.15) is 5.10 Å². The summed E-state index contributed by atoms with van der Waals surface area (Å²) in [5.41, 5.74) is 4.98. The lowest BCUT2D eigenvalue weighted by atomic mass is 10.2. The Morgan fingerprint density at radius 1 is 0.933 bits per heavy atom. The zero-order valence-electron chi connectivity index (χ0n) is 16.3. The second kappa shape index (κ2) is 11.3. The van der Waals surface area contributed by atoms with Crippen molar-refractivity contribution < 1.29 is 14.3 Å². The van der Waals surface area contributed by atoms with Crippen molar-refractivity contribution in [3.63, 3.8) is 0 Å². The maximum atomic E-state index is 12.1. The molecule has 0 aromatic heterocycles. The number of carbonyl (C=O) groups excluding carboxylic acids is 1. The van der Waals surface area contributed by atoms with Crippen LogP contribution >= 0.6 is 45.2 Å². The van der Waals surface area contributed by atoms with E-state index in [1.54, 1.807) is 18.3 Å². The van der Waals surface area contributed by atoms with Crippen LogP contribution in [0.3, 0.4) is 0 Å². The summed E-state index contributed by atoms with van der Waals surface area (Å²) in [5, 5.41) is 4.05. The van der Waals surface area contributed by atoms with E-state index in [9.17, 15) is 4.79 Å². The van der Waals surface area contributed by atoms with Gasteiger partial charge >= 0.3 is 0 Å². The summed E-state index contributed by atoms with van der Waals surface area (Å²) < 4.78 is 13.9. The van der Waals surface area contributed by atoms with E-state index in [4.69, 9.17) is 9.47 Å². The summed E-state index contributed by atoms with van der Waals surface area (Å²) in [4.78, 5) is 12.1. The number of hydrogen-bond acceptors (Lipinski definition) is 4. The molecule has 5 nitrogen and oxygen atoms in total. The highest BCUT2D eigenvalue weighted by atomic mass is 127. The molecule has 0 spiro atoms. The van der Waals surface area contributed by atoms with E-state index in [1.165, 1.54) is 3.57 Å². The van der Waals surface area contributed by atoms with E-state index in [2.05, 4.69) is 55.7 Å². The Morgan fingerprint density at radius 3 is 2.27 bits per heavy atom. The molecule has 0 saturated carbocycles. The van der Waals surface area contributed by atoms with Crippen molar-refractivity contribution in [2.75, 3.05) is 6.61 Å². The lowest BCUT2D eigenvalue weighted by Crippen LogP contribution is -2.17. The molecule has 3 aromatic carbocycles. The first kappa shape index (κ1) is 22.5. The molecule has 3 rings (SSSR count). The maximum absolute atomic E-state index is 12.1. The molecule has 3 aromatic rings. The quantitative estimate of drug-likeness (QED) is 0.200. The van der Waals surface area contributed by atoms with Gasteiger partial charge in [-0.1, -0.05) is 12.1 Å². The maximum Gasteiger partial charge on any atom is 0.271 e. The number of amides is 1. The number of ether oxygens (including phenoxy) is 2. The Kier molecular flexibility index (Phi) is 8.50. The van der Waals surface area contributed by atoms with Gasteiger partial charge in [0.05, 0.1) is 12.8 Å². The first-order chi connectivity index (χ1) is 14.5. The van der Waals surface area contributed by atoms with E-state index >= 15 is 0 Å². The van der Waals surface area contributed by atoms with Crippen molar-refractivity contribution in [1.82, 2.24) is 5.43 Å². The average molecular weight is 626 g/mol. The van der Waals surface area contributed by atoms with Gasteiger partial charge in [-0.3, -0.25) is 4.79 Å². The van der Waals surface area contributed by atoms with Gasteiger partial charge in [-0.25, -0.2) is 5.43 Å². The van der Waals surface area contributed by atoms with Crippen molar-refractivity contribution in [3.8, 4) is 11.5 Å². The highest BCUT2D eigenvalue weighted by molar-refractivity contribution is 14.1. The third-order valence-electron chi connectivity index (χ3n) is 4.06. The molecule has 0 atom stereocenters. The van der Waals surface area contributed by atoms with E-state index in [0.29, 0.717) is 30.3 Å². The normalized spacial score (nSPS) is 10.8. The minimum absolute atomic E-state index is 0.259. The highest BCUT2D eigenvalue weighted by Gasteiger charge is 2.07. The first-order valence-electron chi connectivity index (χ1n) is 9.28. The minimum atomic E-state index is -0.259. The van der Waals surface area contributed by atoms with E-state index in [0.717, 1.165) is 14.7 Å². The summed E-state index contributed by atoms with van der Waals surface area (Å²) in [7, 11) is 0. The molecule has 0 fully saturated rings. The largest absolute Gasteiger partial charge is 0.490 e. The van der Waals surface area contributed by atoms with E-state index in [-0.39, 0.29) is 5.91 Å². The van der Waals surface area contributed by atoms with Crippen LogP contribution < -0.4 is 14.9 Å². The summed E-state index contributed by atoms with van der Waals surface area (Å²) >= 11 is 4.47. The standard InChI is InChI=1S/C23H20I2N2O3/c1-2-29-22-13-17(14-26-27-23(28)18-6-10-20(25)11-7-18)5-12-21(22)30-15-16-3-8-19(24)9-4-16/h3-14H,2,15H2,1H3,(H,27,28)/b26-14-. The van der Waals surface area contributed by atoms with Crippen LogP contribution in [-0.2, 0) is 6.61 Å². The summed E-state index contributed by atoms with van der Waals surface area (Å²) in [6.45, 7) is 2.89. The number of halogens is 2. The van der Waals surface area contributed by atoms with Gasteiger partial charge in [0.25, 0.3) is 5.91 Å². The van der Waals surface area contributed by atoms with Crippen molar-refractivity contribution in [1.29, 1.82) is 0 Å². The second-order valence-corrected chi connectivity index (χ2v) is 8.75. The van der Waals surface area contributed by atoms with E-state index < -0.39 is 0 Å². The third kappa shape index (κ3) is 6.69. The number of nitrogens with zero attached hydrogens (tertiary/aromatic N) is 1.